The summed E-state index contributed by atoms with van der Waals surface area (Å²) in [4.78, 5) is 16.9. The normalized spacial score (nSPS) is 17.5. The molecule has 1 saturated heterocycles. The molecule has 1 aromatic rings. The molecule has 0 aliphatic carbocycles. The number of nitrogens with zero attached hydrogens (tertiary/aromatic N) is 2. The average molecular weight is 368 g/mol. The van der Waals surface area contributed by atoms with Gasteiger partial charge in [0.1, 0.15) is 0 Å². The molecule has 1 fully saturated rings. The average Bonchev–Trinajstić information content (AvgIpc) is 2.63. The zero-order valence-corrected chi connectivity index (χ0v) is 15.8. The Hall–Kier alpha value is -1.44. The Morgan fingerprint density at radius 2 is 1.80 bits per heavy atom. The zero-order valence-electron chi connectivity index (χ0n) is 15.0. The van der Waals surface area contributed by atoms with Crippen molar-refractivity contribution in [2.24, 2.45) is 0 Å². The number of sulfone groups is 1. The molecule has 0 saturated carbocycles. The lowest BCUT2D eigenvalue weighted by atomic mass is 10.1. The number of benzene rings is 1. The van der Waals surface area contributed by atoms with E-state index < -0.39 is 9.84 Å². The molecule has 0 aromatic heterocycles. The van der Waals surface area contributed by atoms with E-state index in [0.29, 0.717) is 32.6 Å². The van der Waals surface area contributed by atoms with Crippen LogP contribution in [0.15, 0.2) is 29.2 Å². The van der Waals surface area contributed by atoms with Gasteiger partial charge in [0, 0.05) is 32.2 Å². The highest BCUT2D eigenvalue weighted by molar-refractivity contribution is 7.91. The number of carbonyl (C=O) groups excluding carboxylic acids is 1. The molecule has 2 rings (SSSR count). The summed E-state index contributed by atoms with van der Waals surface area (Å²) >= 11 is 0. The third-order valence-electron chi connectivity index (χ3n) is 4.73. The van der Waals surface area contributed by atoms with Crippen molar-refractivity contribution in [1.82, 2.24) is 9.80 Å². The van der Waals surface area contributed by atoms with Gasteiger partial charge in [-0.05, 0) is 25.0 Å². The van der Waals surface area contributed by atoms with Gasteiger partial charge in [-0.3, -0.25) is 9.69 Å². The largest absolute Gasteiger partial charge is 0.395 e. The highest BCUT2D eigenvalue weighted by atomic mass is 32.2. The Morgan fingerprint density at radius 3 is 2.36 bits per heavy atom. The van der Waals surface area contributed by atoms with Gasteiger partial charge in [0.05, 0.1) is 22.8 Å². The summed E-state index contributed by atoms with van der Waals surface area (Å²) in [6.07, 6.45) is 1.38. The highest BCUT2D eigenvalue weighted by Crippen LogP contribution is 2.21. The van der Waals surface area contributed by atoms with Crippen molar-refractivity contribution in [2.75, 3.05) is 38.5 Å². The fourth-order valence-corrected chi connectivity index (χ4v) is 4.79. The van der Waals surface area contributed by atoms with Gasteiger partial charge in [-0.15, -0.1) is 0 Å². The maximum atomic E-state index is 12.9. The number of aliphatic hydroxyl groups excluding tert-OH is 1. The number of aliphatic hydroxyl groups is 1. The lowest BCUT2D eigenvalue weighted by Gasteiger charge is -2.38. The van der Waals surface area contributed by atoms with E-state index in [0.717, 1.165) is 6.42 Å². The maximum absolute atomic E-state index is 12.9. The maximum Gasteiger partial charge on any atom is 0.255 e. The van der Waals surface area contributed by atoms with E-state index in [4.69, 9.17) is 0 Å². The van der Waals surface area contributed by atoms with Crippen LogP contribution in [0.5, 0.6) is 0 Å². The molecule has 1 heterocycles. The van der Waals surface area contributed by atoms with Crippen LogP contribution >= 0.6 is 0 Å². The molecule has 7 heteroatoms. The van der Waals surface area contributed by atoms with Gasteiger partial charge in [0.15, 0.2) is 9.84 Å². The first kappa shape index (κ1) is 19.9. The molecule has 140 valence electrons. The standard InChI is InChI=1S/C18H28N2O4S/c1-3-13-25(23,24)17-8-6-5-7-16(17)18(22)20-11-9-19(10-12-20)15(4-2)14-21/h5-8,15,21H,3-4,9-14H2,1-2H3. The van der Waals surface area contributed by atoms with E-state index in [1.807, 2.05) is 13.8 Å². The molecule has 1 atom stereocenters. The molecule has 25 heavy (non-hydrogen) atoms. The van der Waals surface area contributed by atoms with E-state index in [2.05, 4.69) is 4.90 Å². The first-order chi connectivity index (χ1) is 11.9. The molecule has 0 bridgehead atoms. The number of amides is 1. The zero-order chi connectivity index (χ0) is 18.4. The number of carbonyl (C=O) groups is 1. The van der Waals surface area contributed by atoms with Crippen LogP contribution in [0.1, 0.15) is 37.0 Å². The fourth-order valence-electron chi connectivity index (χ4n) is 3.26. The summed E-state index contributed by atoms with van der Waals surface area (Å²) in [5.74, 6) is -0.188. The second-order valence-corrected chi connectivity index (χ2v) is 8.47. The van der Waals surface area contributed by atoms with Crippen LogP contribution in [0.3, 0.4) is 0 Å². The molecule has 1 unspecified atom stereocenters. The van der Waals surface area contributed by atoms with Gasteiger partial charge in [-0.25, -0.2) is 8.42 Å². The van der Waals surface area contributed by atoms with Crippen LogP contribution in [0.25, 0.3) is 0 Å². The number of rotatable bonds is 7. The van der Waals surface area contributed by atoms with Gasteiger partial charge in [0.2, 0.25) is 0 Å². The number of hydrogen-bond acceptors (Lipinski definition) is 5. The van der Waals surface area contributed by atoms with Crippen molar-refractivity contribution in [2.45, 2.75) is 37.6 Å². The predicted molar refractivity (Wildman–Crippen MR) is 97.4 cm³/mol. The number of piperazine rings is 1. The SMILES string of the molecule is CCCS(=O)(=O)c1ccccc1C(=O)N1CCN(C(CC)CO)CC1. The lowest BCUT2D eigenvalue weighted by molar-refractivity contribution is 0.0469. The molecule has 1 amide bonds. The van der Waals surface area contributed by atoms with Crippen molar-refractivity contribution < 1.29 is 18.3 Å². The topological polar surface area (TPSA) is 77.9 Å². The van der Waals surface area contributed by atoms with Crippen LogP contribution in [-0.4, -0.2) is 73.8 Å². The first-order valence-corrected chi connectivity index (χ1v) is 10.6. The fraction of sp³-hybridized carbons (Fsp3) is 0.611. The van der Waals surface area contributed by atoms with Crippen LogP contribution < -0.4 is 0 Å². The molecule has 6 nitrogen and oxygen atoms in total. The Balaban J connectivity index is 2.15. The Morgan fingerprint density at radius 1 is 1.16 bits per heavy atom. The Labute approximate surface area is 150 Å². The van der Waals surface area contributed by atoms with E-state index in [1.54, 1.807) is 23.1 Å². The van der Waals surface area contributed by atoms with Crippen LogP contribution in [-0.2, 0) is 9.84 Å². The molecule has 0 spiro atoms. The second kappa shape index (κ2) is 8.78. The molecule has 1 aliphatic rings. The van der Waals surface area contributed by atoms with E-state index >= 15 is 0 Å². The summed E-state index contributed by atoms with van der Waals surface area (Å²) in [7, 11) is -3.45. The summed E-state index contributed by atoms with van der Waals surface area (Å²) < 4.78 is 24.9. The van der Waals surface area contributed by atoms with E-state index in [9.17, 15) is 18.3 Å². The van der Waals surface area contributed by atoms with Gasteiger partial charge in [0.25, 0.3) is 5.91 Å². The van der Waals surface area contributed by atoms with Crippen LogP contribution in [0.2, 0.25) is 0 Å². The minimum absolute atomic E-state index is 0.0414. The monoisotopic (exact) mass is 368 g/mol. The molecule has 0 radical (unpaired) electrons. The van der Waals surface area contributed by atoms with Gasteiger partial charge >= 0.3 is 0 Å². The van der Waals surface area contributed by atoms with Gasteiger partial charge < -0.3 is 10.0 Å². The molecule has 1 aliphatic heterocycles. The van der Waals surface area contributed by atoms with E-state index in [1.165, 1.54) is 6.07 Å². The molecular formula is C18H28N2O4S. The smallest absolute Gasteiger partial charge is 0.255 e. The summed E-state index contributed by atoms with van der Waals surface area (Å²) in [6, 6.07) is 6.60. The molecular weight excluding hydrogens is 340 g/mol. The highest BCUT2D eigenvalue weighted by Gasteiger charge is 2.28. The predicted octanol–water partition coefficient (Wildman–Crippen LogP) is 1.40. The Kier molecular flexibility index (Phi) is 6.98. The van der Waals surface area contributed by atoms with Crippen molar-refractivity contribution in [3.63, 3.8) is 0 Å². The summed E-state index contributed by atoms with van der Waals surface area (Å²) in [6.45, 7) is 6.42. The van der Waals surface area contributed by atoms with Gasteiger partial charge in [-0.2, -0.15) is 0 Å². The van der Waals surface area contributed by atoms with Crippen molar-refractivity contribution in [3.8, 4) is 0 Å². The third kappa shape index (κ3) is 4.59. The van der Waals surface area contributed by atoms with Crippen molar-refractivity contribution >= 4 is 15.7 Å². The molecule has 1 N–H and O–H groups in total. The van der Waals surface area contributed by atoms with Gasteiger partial charge in [-0.1, -0.05) is 26.0 Å². The summed E-state index contributed by atoms with van der Waals surface area (Å²) in [5.41, 5.74) is 0.263. The quantitative estimate of drug-likeness (QED) is 0.787. The third-order valence-corrected chi connectivity index (χ3v) is 6.70. The lowest BCUT2D eigenvalue weighted by Crippen LogP contribution is -2.52. The second-order valence-electron chi connectivity index (χ2n) is 6.39. The van der Waals surface area contributed by atoms with Crippen molar-refractivity contribution in [3.05, 3.63) is 29.8 Å². The summed E-state index contributed by atoms with van der Waals surface area (Å²) in [5, 5.41) is 9.42. The van der Waals surface area contributed by atoms with E-state index in [-0.39, 0.29) is 34.8 Å². The Bertz CT molecular complexity index is 678. The van der Waals surface area contributed by atoms with Crippen LogP contribution in [0.4, 0.5) is 0 Å². The van der Waals surface area contributed by atoms with Crippen LogP contribution in [0, 0.1) is 0 Å². The minimum Gasteiger partial charge on any atom is -0.395 e. The van der Waals surface area contributed by atoms with Crippen molar-refractivity contribution in [1.29, 1.82) is 0 Å². The molecule has 1 aromatic carbocycles. The minimum atomic E-state index is -3.45. The number of hydrogen-bond donors (Lipinski definition) is 1. The first-order valence-electron chi connectivity index (χ1n) is 8.90.